The van der Waals surface area contributed by atoms with E-state index < -0.39 is 19.9 Å². The molecule has 1 N–H and O–H groups in total. The van der Waals surface area contributed by atoms with Crippen LogP contribution in [0.1, 0.15) is 0 Å². The van der Waals surface area contributed by atoms with Crippen LogP contribution < -0.4 is 0 Å². The highest BCUT2D eigenvalue weighted by Gasteiger charge is 2.45. The zero-order valence-electron chi connectivity index (χ0n) is 5.70. The molecule has 0 radical (unpaired) electrons. The van der Waals surface area contributed by atoms with E-state index in [0.717, 1.165) is 0 Å². The number of carbonyl (C=O) groups is 1. The van der Waals surface area contributed by atoms with Crippen LogP contribution in [0.4, 0.5) is 13.2 Å². The quantitative estimate of drug-likeness (QED) is 0.550. The maximum Gasteiger partial charge on any atom is 0.415 e. The maximum absolute atomic E-state index is 12.2. The standard InChI is InChI=1S/C5H2Br3F3O2/c6-4(7,8)2(1-3(12)13)5(9,10)11/h1H,(H,12,13)/b2-1-. The number of carboxylic acid groups (broad SMARTS) is 1. The molecule has 13 heavy (non-hydrogen) atoms. The number of allylic oxidation sites excluding steroid dienone is 1. The first kappa shape index (κ1) is 13.4. The number of hydrogen-bond donors (Lipinski definition) is 1. The van der Waals surface area contributed by atoms with Crippen molar-refractivity contribution in [2.45, 2.75) is 8.32 Å². The SMILES string of the molecule is O=C(O)/C=C(\C(F)(F)F)C(Br)(Br)Br. The smallest absolute Gasteiger partial charge is 0.415 e. The molecule has 0 unspecified atom stereocenters. The Morgan fingerprint density at radius 3 is 1.69 bits per heavy atom. The van der Waals surface area contributed by atoms with Gasteiger partial charge in [-0.3, -0.25) is 0 Å². The van der Waals surface area contributed by atoms with Crippen molar-refractivity contribution < 1.29 is 23.1 Å². The summed E-state index contributed by atoms with van der Waals surface area (Å²) in [4.78, 5) is 10.1. The largest absolute Gasteiger partial charge is 0.478 e. The molecule has 0 fully saturated rings. The average Bonchev–Trinajstić information content (AvgIpc) is 1.77. The molecule has 0 aliphatic rings. The number of alkyl halides is 6. The Kier molecular flexibility index (Phi) is 4.45. The normalized spacial score (nSPS) is 14.5. The zero-order valence-corrected chi connectivity index (χ0v) is 10.5. The van der Waals surface area contributed by atoms with Crippen LogP contribution in [0.2, 0.25) is 0 Å². The maximum atomic E-state index is 12.2. The monoisotopic (exact) mass is 388 g/mol. The van der Waals surface area contributed by atoms with E-state index in [1.54, 1.807) is 0 Å². The number of rotatable bonds is 1. The Morgan fingerprint density at radius 2 is 1.62 bits per heavy atom. The first-order valence-electron chi connectivity index (χ1n) is 2.64. The first-order valence-corrected chi connectivity index (χ1v) is 5.02. The number of aliphatic carboxylic acids is 1. The van der Waals surface area contributed by atoms with Gasteiger partial charge in [0.25, 0.3) is 0 Å². The van der Waals surface area contributed by atoms with E-state index in [1.165, 1.54) is 0 Å². The fraction of sp³-hybridized carbons (Fsp3) is 0.400. The van der Waals surface area contributed by atoms with E-state index in [9.17, 15) is 18.0 Å². The van der Waals surface area contributed by atoms with Gasteiger partial charge in [0.05, 0.1) is 5.57 Å². The minimum atomic E-state index is -4.73. The molecule has 0 aromatic heterocycles. The van der Waals surface area contributed by atoms with Crippen molar-refractivity contribution in [1.29, 1.82) is 0 Å². The Hall–Kier alpha value is 0.440. The van der Waals surface area contributed by atoms with Crippen LogP contribution >= 0.6 is 47.8 Å². The summed E-state index contributed by atoms with van der Waals surface area (Å²) in [5.74, 6) is -1.67. The molecule has 0 aliphatic carbocycles. The van der Waals surface area contributed by atoms with E-state index in [1.807, 2.05) is 0 Å². The van der Waals surface area contributed by atoms with Gasteiger partial charge in [-0.1, -0.05) is 47.8 Å². The minimum Gasteiger partial charge on any atom is -0.478 e. The molecular formula is C5H2Br3F3O2. The summed E-state index contributed by atoms with van der Waals surface area (Å²) in [5, 5.41) is 8.17. The van der Waals surface area contributed by atoms with Crippen LogP contribution in [0.3, 0.4) is 0 Å². The molecule has 0 aliphatic heterocycles. The highest BCUT2D eigenvalue weighted by molar-refractivity contribution is 9.39. The molecule has 0 spiro atoms. The van der Waals surface area contributed by atoms with Gasteiger partial charge in [0.15, 0.2) is 2.14 Å². The molecule has 0 atom stereocenters. The van der Waals surface area contributed by atoms with E-state index in [-0.39, 0.29) is 6.08 Å². The average molecular weight is 391 g/mol. The fourth-order valence-electron chi connectivity index (χ4n) is 0.448. The van der Waals surface area contributed by atoms with Crippen LogP contribution in [0.15, 0.2) is 11.6 Å². The molecule has 0 saturated carbocycles. The number of halogens is 6. The summed E-state index contributed by atoms with van der Waals surface area (Å²) >= 11 is 7.77. The zero-order chi connectivity index (χ0) is 10.9. The summed E-state index contributed by atoms with van der Waals surface area (Å²) in [5.41, 5.74) is -1.28. The van der Waals surface area contributed by atoms with Gasteiger partial charge in [0, 0.05) is 6.08 Å². The first-order chi connectivity index (χ1) is 5.55. The van der Waals surface area contributed by atoms with Gasteiger partial charge in [-0.15, -0.1) is 0 Å². The summed E-state index contributed by atoms with van der Waals surface area (Å²) in [6, 6.07) is 0. The van der Waals surface area contributed by atoms with Crippen molar-refractivity contribution in [2.24, 2.45) is 0 Å². The summed E-state index contributed by atoms with van der Waals surface area (Å²) in [7, 11) is 0. The summed E-state index contributed by atoms with van der Waals surface area (Å²) in [6.45, 7) is 0. The lowest BCUT2D eigenvalue weighted by molar-refractivity contribution is -0.132. The molecule has 0 saturated heterocycles. The second-order valence-electron chi connectivity index (χ2n) is 1.89. The van der Waals surface area contributed by atoms with Gasteiger partial charge in [0.2, 0.25) is 0 Å². The lowest BCUT2D eigenvalue weighted by Gasteiger charge is -2.18. The fourth-order valence-corrected chi connectivity index (χ4v) is 1.47. The van der Waals surface area contributed by atoms with Gasteiger partial charge in [0.1, 0.15) is 0 Å². The van der Waals surface area contributed by atoms with Gasteiger partial charge in [-0.25, -0.2) is 4.79 Å². The Morgan fingerprint density at radius 1 is 1.23 bits per heavy atom. The second-order valence-corrected chi connectivity index (χ2v) is 8.65. The predicted molar refractivity (Wildman–Crippen MR) is 51.3 cm³/mol. The van der Waals surface area contributed by atoms with Crippen LogP contribution in [0.5, 0.6) is 0 Å². The van der Waals surface area contributed by atoms with Crippen molar-refractivity contribution in [3.05, 3.63) is 11.6 Å². The van der Waals surface area contributed by atoms with Gasteiger partial charge in [-0.05, 0) is 0 Å². The van der Waals surface area contributed by atoms with Gasteiger partial charge < -0.3 is 5.11 Å². The number of carboxylic acids is 1. The van der Waals surface area contributed by atoms with Crippen molar-refractivity contribution in [3.8, 4) is 0 Å². The third-order valence-electron chi connectivity index (χ3n) is 0.879. The minimum absolute atomic E-state index is 0.0677. The third kappa shape index (κ3) is 5.02. The highest BCUT2D eigenvalue weighted by atomic mass is 80.0. The lowest BCUT2D eigenvalue weighted by Crippen LogP contribution is -2.23. The van der Waals surface area contributed by atoms with Crippen LogP contribution in [-0.2, 0) is 4.79 Å². The van der Waals surface area contributed by atoms with Crippen molar-refractivity contribution in [1.82, 2.24) is 0 Å². The molecule has 76 valence electrons. The predicted octanol–water partition coefficient (Wildman–Crippen LogP) is 3.40. The molecule has 0 aromatic rings. The van der Waals surface area contributed by atoms with Crippen LogP contribution in [0.25, 0.3) is 0 Å². The number of hydrogen-bond acceptors (Lipinski definition) is 1. The van der Waals surface area contributed by atoms with E-state index in [2.05, 4.69) is 47.8 Å². The van der Waals surface area contributed by atoms with E-state index >= 15 is 0 Å². The Labute approximate surface area is 96.6 Å². The lowest BCUT2D eigenvalue weighted by atomic mass is 10.3. The Balaban J connectivity index is 5.13. The van der Waals surface area contributed by atoms with Gasteiger partial charge in [-0.2, -0.15) is 13.2 Å². The second kappa shape index (κ2) is 4.31. The van der Waals surface area contributed by atoms with Crippen LogP contribution in [-0.4, -0.2) is 19.4 Å². The Bertz CT molecular complexity index is 224. The third-order valence-corrected chi connectivity index (χ3v) is 2.16. The summed E-state index contributed by atoms with van der Waals surface area (Å²) in [6.07, 6.45) is -4.66. The van der Waals surface area contributed by atoms with Crippen LogP contribution in [0, 0.1) is 0 Å². The molecule has 8 heteroatoms. The van der Waals surface area contributed by atoms with E-state index in [0.29, 0.717) is 0 Å². The molecular weight excluding hydrogens is 389 g/mol. The molecule has 0 aromatic carbocycles. The van der Waals surface area contributed by atoms with Crippen molar-refractivity contribution >= 4 is 53.8 Å². The van der Waals surface area contributed by atoms with Gasteiger partial charge >= 0.3 is 12.1 Å². The molecule has 0 rings (SSSR count). The highest BCUT2D eigenvalue weighted by Crippen LogP contribution is 2.47. The molecule has 0 heterocycles. The van der Waals surface area contributed by atoms with Crippen molar-refractivity contribution in [3.63, 3.8) is 0 Å². The molecule has 2 nitrogen and oxygen atoms in total. The molecule has 0 amide bonds. The summed E-state index contributed by atoms with van der Waals surface area (Å²) < 4.78 is 34.7. The topological polar surface area (TPSA) is 37.3 Å². The molecule has 0 bridgehead atoms. The van der Waals surface area contributed by atoms with E-state index in [4.69, 9.17) is 5.11 Å². The van der Waals surface area contributed by atoms with Crippen molar-refractivity contribution in [2.75, 3.05) is 0 Å².